The molecule has 7 nitrogen and oxygen atoms in total. The molecule has 8 heteroatoms. The van der Waals surface area contributed by atoms with Crippen LogP contribution in [0.5, 0.6) is 0 Å². The highest BCUT2D eigenvalue weighted by Gasteiger charge is 2.37. The van der Waals surface area contributed by atoms with Crippen LogP contribution in [-0.4, -0.2) is 35.6 Å². The fourth-order valence-corrected chi connectivity index (χ4v) is 5.57. The summed E-state index contributed by atoms with van der Waals surface area (Å²) in [5.41, 5.74) is 7.50. The van der Waals surface area contributed by atoms with E-state index in [4.69, 9.17) is 5.73 Å². The number of H-pyrrole nitrogens is 1. The number of aromatic amines is 1. The average Bonchev–Trinajstić information content (AvgIpc) is 3.13. The van der Waals surface area contributed by atoms with E-state index >= 15 is 0 Å². The zero-order valence-electron chi connectivity index (χ0n) is 14.7. The van der Waals surface area contributed by atoms with Crippen LogP contribution in [0.3, 0.4) is 0 Å². The molecule has 1 fully saturated rings. The number of sulfonamides is 1. The summed E-state index contributed by atoms with van der Waals surface area (Å²) in [5, 5.41) is 10.8. The fraction of sp³-hybridized carbons (Fsp3) is 0.316. The van der Waals surface area contributed by atoms with E-state index in [9.17, 15) is 13.5 Å². The van der Waals surface area contributed by atoms with Crippen LogP contribution in [0.15, 0.2) is 53.7 Å². The quantitative estimate of drug-likeness (QED) is 0.638. The third-order valence-corrected chi connectivity index (χ3v) is 6.92. The minimum atomic E-state index is -3.87. The number of nitrogens with one attached hydrogen (secondary N) is 1. The highest BCUT2D eigenvalue weighted by atomic mass is 32.2. The molecule has 0 aliphatic heterocycles. The smallest absolute Gasteiger partial charge is 0.264 e. The number of hydrogen-bond acceptors (Lipinski definition) is 5. The minimum Gasteiger partial charge on any atom is -0.396 e. The van der Waals surface area contributed by atoms with Gasteiger partial charge in [-0.3, -0.25) is 4.31 Å². The van der Waals surface area contributed by atoms with E-state index in [0.717, 1.165) is 6.42 Å². The Morgan fingerprint density at radius 3 is 2.70 bits per heavy atom. The van der Waals surface area contributed by atoms with Crippen molar-refractivity contribution in [3.8, 4) is 0 Å². The lowest BCUT2D eigenvalue weighted by Crippen LogP contribution is -2.44. The van der Waals surface area contributed by atoms with E-state index in [1.54, 1.807) is 42.6 Å². The van der Waals surface area contributed by atoms with Crippen molar-refractivity contribution in [2.45, 2.75) is 42.7 Å². The number of nitrogens with zero attached hydrogens (tertiary/aromatic N) is 2. The zero-order valence-corrected chi connectivity index (χ0v) is 15.6. The van der Waals surface area contributed by atoms with Gasteiger partial charge in [-0.25, -0.2) is 13.4 Å². The van der Waals surface area contributed by atoms with Crippen molar-refractivity contribution in [1.82, 2.24) is 9.97 Å². The lowest BCUT2D eigenvalue weighted by Gasteiger charge is -2.37. The van der Waals surface area contributed by atoms with E-state index in [0.29, 0.717) is 41.7 Å². The van der Waals surface area contributed by atoms with Crippen molar-refractivity contribution in [3.63, 3.8) is 0 Å². The van der Waals surface area contributed by atoms with Gasteiger partial charge >= 0.3 is 0 Å². The molecule has 3 aromatic rings. The van der Waals surface area contributed by atoms with E-state index < -0.39 is 16.1 Å². The first-order valence-corrected chi connectivity index (χ1v) is 10.4. The number of aliphatic hydroxyl groups is 1. The summed E-state index contributed by atoms with van der Waals surface area (Å²) in [6.07, 6.45) is 5.14. The molecule has 4 N–H and O–H groups in total. The number of pyridine rings is 1. The van der Waals surface area contributed by atoms with Gasteiger partial charge in [0.15, 0.2) is 0 Å². The molecule has 0 bridgehead atoms. The van der Waals surface area contributed by atoms with Gasteiger partial charge in [-0.05, 0) is 43.9 Å². The van der Waals surface area contributed by atoms with Crippen molar-refractivity contribution in [3.05, 3.63) is 48.8 Å². The van der Waals surface area contributed by atoms with Crippen molar-refractivity contribution < 1.29 is 13.5 Å². The second-order valence-corrected chi connectivity index (χ2v) is 8.71. The maximum absolute atomic E-state index is 13.6. The Kier molecular flexibility index (Phi) is 4.53. The number of benzene rings is 1. The van der Waals surface area contributed by atoms with Crippen molar-refractivity contribution >= 4 is 32.4 Å². The molecule has 0 unspecified atom stereocenters. The highest BCUT2D eigenvalue weighted by Crippen LogP contribution is 2.39. The second kappa shape index (κ2) is 6.86. The van der Waals surface area contributed by atoms with Crippen LogP contribution in [-0.2, 0) is 10.0 Å². The van der Waals surface area contributed by atoms with Gasteiger partial charge in [0.25, 0.3) is 10.0 Å². The van der Waals surface area contributed by atoms with E-state index in [-0.39, 0.29) is 10.9 Å². The van der Waals surface area contributed by atoms with Gasteiger partial charge in [-0.2, -0.15) is 0 Å². The van der Waals surface area contributed by atoms with Crippen molar-refractivity contribution in [2.75, 3.05) is 10.0 Å². The van der Waals surface area contributed by atoms with Gasteiger partial charge in [0.05, 0.1) is 28.6 Å². The molecule has 27 heavy (non-hydrogen) atoms. The summed E-state index contributed by atoms with van der Waals surface area (Å²) in [7, 11) is -3.87. The van der Waals surface area contributed by atoms with Gasteiger partial charge in [-0.15, -0.1) is 0 Å². The summed E-state index contributed by atoms with van der Waals surface area (Å²) in [6, 6.07) is 9.73. The fourth-order valence-electron chi connectivity index (χ4n) is 3.81. The third kappa shape index (κ3) is 3.15. The number of aromatic nitrogens is 2. The molecule has 4 rings (SSSR count). The Hall–Kier alpha value is -2.58. The first kappa shape index (κ1) is 17.8. The number of rotatable bonds is 4. The number of fused-ring (bicyclic) bond motifs is 1. The lowest BCUT2D eigenvalue weighted by atomic mass is 9.92. The van der Waals surface area contributed by atoms with E-state index in [1.807, 2.05) is 0 Å². The predicted octanol–water partition coefficient (Wildman–Crippen LogP) is 2.64. The van der Waals surface area contributed by atoms with Gasteiger partial charge in [-0.1, -0.05) is 18.2 Å². The number of nitrogen functional groups attached to an aromatic ring is 1. The average molecular weight is 386 g/mol. The molecule has 0 radical (unpaired) electrons. The number of nitrogens with two attached hydrogens (primary N) is 1. The number of aliphatic hydroxyl groups excluding tert-OH is 1. The summed E-state index contributed by atoms with van der Waals surface area (Å²) < 4.78 is 28.6. The van der Waals surface area contributed by atoms with Gasteiger partial charge in [0.1, 0.15) is 5.65 Å². The Bertz CT molecular complexity index is 1050. The van der Waals surface area contributed by atoms with Crippen LogP contribution in [0.2, 0.25) is 0 Å². The second-order valence-electron chi connectivity index (χ2n) is 6.89. The molecule has 2 heterocycles. The topological polar surface area (TPSA) is 112 Å². The molecule has 2 aromatic heterocycles. The van der Waals surface area contributed by atoms with Crippen LogP contribution >= 0.6 is 0 Å². The van der Waals surface area contributed by atoms with Crippen LogP contribution in [0, 0.1) is 0 Å². The molecule has 1 aromatic carbocycles. The SMILES string of the molecule is Nc1cnc2[nH]ccc2c1N([C@@H]1CCC[C@@H](O)C1)S(=O)(=O)c1ccccc1. The molecule has 1 saturated carbocycles. The molecular weight excluding hydrogens is 364 g/mol. The van der Waals surface area contributed by atoms with E-state index in [2.05, 4.69) is 9.97 Å². The van der Waals surface area contributed by atoms with Gasteiger partial charge in [0.2, 0.25) is 0 Å². The van der Waals surface area contributed by atoms with E-state index in [1.165, 1.54) is 10.5 Å². The monoisotopic (exact) mass is 386 g/mol. The first-order valence-electron chi connectivity index (χ1n) is 8.97. The maximum Gasteiger partial charge on any atom is 0.264 e. The van der Waals surface area contributed by atoms with Crippen LogP contribution in [0.4, 0.5) is 11.4 Å². The molecule has 0 saturated heterocycles. The first-order chi connectivity index (χ1) is 13.0. The van der Waals surface area contributed by atoms with Gasteiger partial charge in [0, 0.05) is 17.6 Å². The Morgan fingerprint density at radius 2 is 1.96 bits per heavy atom. The normalized spacial score (nSPS) is 20.6. The molecule has 0 spiro atoms. The summed E-state index contributed by atoms with van der Waals surface area (Å²) in [6.45, 7) is 0. The van der Waals surface area contributed by atoms with Crippen molar-refractivity contribution in [2.24, 2.45) is 0 Å². The maximum atomic E-state index is 13.6. The standard InChI is InChI=1S/C19H22N4O3S/c20-17-12-22-19-16(9-10-21-19)18(17)23(13-5-4-6-14(24)11-13)27(25,26)15-7-2-1-3-8-15/h1-3,7-10,12-14,24H,4-6,11,20H2,(H,21,22)/t13-,14-/m1/s1. The van der Waals surface area contributed by atoms with Crippen LogP contribution < -0.4 is 10.0 Å². The Balaban J connectivity index is 1.94. The zero-order chi connectivity index (χ0) is 19.0. The largest absolute Gasteiger partial charge is 0.396 e. The molecule has 0 amide bonds. The molecule has 1 aliphatic carbocycles. The van der Waals surface area contributed by atoms with Crippen molar-refractivity contribution in [1.29, 1.82) is 0 Å². The summed E-state index contributed by atoms with van der Waals surface area (Å²) in [4.78, 5) is 7.45. The van der Waals surface area contributed by atoms with Crippen LogP contribution in [0.25, 0.3) is 11.0 Å². The number of anilines is 2. The summed E-state index contributed by atoms with van der Waals surface area (Å²) >= 11 is 0. The lowest BCUT2D eigenvalue weighted by molar-refractivity contribution is 0.121. The highest BCUT2D eigenvalue weighted by molar-refractivity contribution is 7.93. The van der Waals surface area contributed by atoms with Gasteiger partial charge < -0.3 is 15.8 Å². The Labute approximate surface area is 157 Å². The third-order valence-electron chi connectivity index (χ3n) is 5.06. The molecule has 142 valence electrons. The molecule has 2 atom stereocenters. The molecule has 1 aliphatic rings. The minimum absolute atomic E-state index is 0.199. The predicted molar refractivity (Wildman–Crippen MR) is 105 cm³/mol. The van der Waals surface area contributed by atoms with Crippen LogP contribution in [0.1, 0.15) is 25.7 Å². The Morgan fingerprint density at radius 1 is 1.19 bits per heavy atom. The summed E-state index contributed by atoms with van der Waals surface area (Å²) in [5.74, 6) is 0. The number of hydrogen-bond donors (Lipinski definition) is 3. The molecular formula is C19H22N4O3S.